The van der Waals surface area contributed by atoms with Gasteiger partial charge in [0.2, 0.25) is 5.92 Å². The Labute approximate surface area is 68.0 Å². The second-order valence-electron chi connectivity index (χ2n) is 4.02. The van der Waals surface area contributed by atoms with Crippen molar-refractivity contribution in [1.29, 1.82) is 0 Å². The number of alkyl halides is 2. The normalized spacial score (nSPS) is 27.3. The number of hydrogen-bond acceptors (Lipinski definition) is 0. The number of halogens is 2. The molecule has 0 aliphatic heterocycles. The molecule has 0 aromatic heterocycles. The lowest BCUT2D eigenvalue weighted by atomic mass is 9.76. The van der Waals surface area contributed by atoms with Gasteiger partial charge in [-0.2, -0.15) is 0 Å². The Bertz CT molecular complexity index is 99.5. The number of hydrogen-bond donors (Lipinski definition) is 0. The molecule has 0 radical (unpaired) electrons. The molecule has 0 amide bonds. The first-order chi connectivity index (χ1) is 4.41. The van der Waals surface area contributed by atoms with Crippen molar-refractivity contribution in [3.8, 4) is 0 Å². The van der Waals surface area contributed by atoms with Crippen molar-refractivity contribution < 1.29 is 8.78 Å². The summed E-state index contributed by atoms with van der Waals surface area (Å²) in [7, 11) is 0. The smallest absolute Gasteiger partial charge is 0.207 e. The van der Waals surface area contributed by atoms with E-state index < -0.39 is 5.92 Å². The van der Waals surface area contributed by atoms with E-state index in [4.69, 9.17) is 0 Å². The molecule has 0 unspecified atom stereocenters. The van der Waals surface area contributed by atoms with Crippen molar-refractivity contribution in [2.75, 3.05) is 0 Å². The van der Waals surface area contributed by atoms with Crippen LogP contribution in [0.1, 0.15) is 47.0 Å². The fourth-order valence-electron chi connectivity index (χ4n) is 1.29. The molecule has 0 aromatic rings. The van der Waals surface area contributed by atoms with Gasteiger partial charge in [0, 0.05) is 12.8 Å². The highest BCUT2D eigenvalue weighted by atomic mass is 19.3. The molecule has 11 heavy (non-hydrogen) atoms. The van der Waals surface area contributed by atoms with Crippen LogP contribution in [0.5, 0.6) is 0 Å². The second kappa shape index (κ2) is 3.08. The Kier molecular flexibility index (Phi) is 3.04. The quantitative estimate of drug-likeness (QED) is 0.510. The lowest BCUT2D eigenvalue weighted by Crippen LogP contribution is -2.28. The Hall–Kier alpha value is -0.140. The van der Waals surface area contributed by atoms with Crippen LogP contribution in [0.25, 0.3) is 0 Å². The van der Waals surface area contributed by atoms with E-state index in [0.717, 1.165) is 0 Å². The highest BCUT2D eigenvalue weighted by Crippen LogP contribution is 2.42. The molecule has 1 rings (SSSR count). The average Bonchev–Trinajstić information content (AvgIpc) is 1.79. The van der Waals surface area contributed by atoms with E-state index in [0.29, 0.717) is 12.8 Å². The van der Waals surface area contributed by atoms with Crippen LogP contribution in [0.4, 0.5) is 8.78 Å². The van der Waals surface area contributed by atoms with Gasteiger partial charge in [-0.1, -0.05) is 21.3 Å². The fraction of sp³-hybridized carbons (Fsp3) is 1.00. The maximum atomic E-state index is 12.5. The molecule has 0 nitrogen and oxygen atoms in total. The van der Waals surface area contributed by atoms with Gasteiger partial charge in [0.05, 0.1) is 0 Å². The Morgan fingerprint density at radius 1 is 0.909 bits per heavy atom. The largest absolute Gasteiger partial charge is 0.248 e. The Balaban J connectivity index is 0.000001000. The monoisotopic (exact) mass is 164 g/mol. The zero-order valence-corrected chi connectivity index (χ0v) is 6.58. The van der Waals surface area contributed by atoms with E-state index in [2.05, 4.69) is 13.8 Å². The standard InChI is InChI=1S/C8H14F2.CH4/c1-7(2)3-5-8(9,10)6-4-7;/h3-6H2,1-2H3;1H4. The summed E-state index contributed by atoms with van der Waals surface area (Å²) in [4.78, 5) is 0. The van der Waals surface area contributed by atoms with Crippen LogP contribution in [-0.4, -0.2) is 5.92 Å². The molecule has 1 aliphatic carbocycles. The molecule has 2 heteroatoms. The topological polar surface area (TPSA) is 0 Å². The minimum Gasteiger partial charge on any atom is -0.207 e. The highest BCUT2D eigenvalue weighted by Gasteiger charge is 2.38. The first-order valence-electron chi connectivity index (χ1n) is 3.79. The third-order valence-corrected chi connectivity index (χ3v) is 2.34. The first-order valence-corrected chi connectivity index (χ1v) is 3.79. The molecule has 0 atom stereocenters. The summed E-state index contributed by atoms with van der Waals surface area (Å²) in [6.07, 6.45) is 1.50. The Morgan fingerprint density at radius 2 is 1.27 bits per heavy atom. The summed E-state index contributed by atoms with van der Waals surface area (Å²) in [5.74, 6) is -2.37. The average molecular weight is 164 g/mol. The molecular weight excluding hydrogens is 146 g/mol. The van der Waals surface area contributed by atoms with E-state index in [9.17, 15) is 8.78 Å². The number of rotatable bonds is 0. The van der Waals surface area contributed by atoms with Crippen LogP contribution in [0.15, 0.2) is 0 Å². The van der Waals surface area contributed by atoms with Gasteiger partial charge < -0.3 is 0 Å². The molecule has 0 aromatic carbocycles. The van der Waals surface area contributed by atoms with Gasteiger partial charge in [-0.3, -0.25) is 0 Å². The van der Waals surface area contributed by atoms with Crippen molar-refractivity contribution in [3.63, 3.8) is 0 Å². The van der Waals surface area contributed by atoms with Crippen LogP contribution in [0, 0.1) is 5.41 Å². The fourth-order valence-corrected chi connectivity index (χ4v) is 1.29. The summed E-state index contributed by atoms with van der Waals surface area (Å²) in [6, 6.07) is 0. The first kappa shape index (κ1) is 10.9. The maximum absolute atomic E-state index is 12.5. The van der Waals surface area contributed by atoms with Crippen LogP contribution in [0.2, 0.25) is 0 Å². The van der Waals surface area contributed by atoms with Gasteiger partial charge >= 0.3 is 0 Å². The van der Waals surface area contributed by atoms with Crippen molar-refractivity contribution in [1.82, 2.24) is 0 Å². The molecular formula is C9H18F2. The van der Waals surface area contributed by atoms with Crippen molar-refractivity contribution in [2.45, 2.75) is 52.9 Å². The summed E-state index contributed by atoms with van der Waals surface area (Å²) in [6.45, 7) is 4.12. The third-order valence-electron chi connectivity index (χ3n) is 2.34. The molecule has 0 bridgehead atoms. The zero-order valence-electron chi connectivity index (χ0n) is 6.58. The molecule has 1 fully saturated rings. The lowest BCUT2D eigenvalue weighted by Gasteiger charge is -2.33. The maximum Gasteiger partial charge on any atom is 0.248 e. The van der Waals surface area contributed by atoms with Crippen LogP contribution in [0.3, 0.4) is 0 Å². The van der Waals surface area contributed by atoms with E-state index in [1.54, 1.807) is 0 Å². The zero-order chi connectivity index (χ0) is 7.83. The van der Waals surface area contributed by atoms with Crippen molar-refractivity contribution >= 4 is 0 Å². The predicted molar refractivity (Wildman–Crippen MR) is 43.9 cm³/mol. The van der Waals surface area contributed by atoms with E-state index >= 15 is 0 Å². The predicted octanol–water partition coefficient (Wildman–Crippen LogP) is 3.86. The highest BCUT2D eigenvalue weighted by molar-refractivity contribution is 4.82. The van der Waals surface area contributed by atoms with E-state index in [1.807, 2.05) is 0 Å². The van der Waals surface area contributed by atoms with Gasteiger partial charge in [0.15, 0.2) is 0 Å². The van der Waals surface area contributed by atoms with Gasteiger partial charge in [-0.25, -0.2) is 8.78 Å². The third kappa shape index (κ3) is 3.17. The second-order valence-corrected chi connectivity index (χ2v) is 4.02. The van der Waals surface area contributed by atoms with E-state index in [1.165, 1.54) is 0 Å². The van der Waals surface area contributed by atoms with Crippen LogP contribution in [-0.2, 0) is 0 Å². The minimum absolute atomic E-state index is 0. The van der Waals surface area contributed by atoms with Gasteiger partial charge in [-0.05, 0) is 18.3 Å². The van der Waals surface area contributed by atoms with Gasteiger partial charge in [0.1, 0.15) is 0 Å². The SMILES string of the molecule is C.CC1(C)CCC(F)(F)CC1. The van der Waals surface area contributed by atoms with Crippen molar-refractivity contribution in [3.05, 3.63) is 0 Å². The summed E-state index contributed by atoms with van der Waals surface area (Å²) in [5, 5.41) is 0. The molecule has 1 saturated carbocycles. The van der Waals surface area contributed by atoms with E-state index in [-0.39, 0.29) is 25.7 Å². The molecule has 68 valence electrons. The van der Waals surface area contributed by atoms with Gasteiger partial charge in [0.25, 0.3) is 0 Å². The summed E-state index contributed by atoms with van der Waals surface area (Å²) < 4.78 is 25.1. The molecule has 0 heterocycles. The minimum atomic E-state index is -2.37. The van der Waals surface area contributed by atoms with Crippen molar-refractivity contribution in [2.24, 2.45) is 5.41 Å². The van der Waals surface area contributed by atoms with Crippen LogP contribution >= 0.6 is 0 Å². The van der Waals surface area contributed by atoms with Crippen LogP contribution < -0.4 is 0 Å². The van der Waals surface area contributed by atoms with Gasteiger partial charge in [-0.15, -0.1) is 0 Å². The summed E-state index contributed by atoms with van der Waals surface area (Å²) in [5.41, 5.74) is 0.154. The molecule has 0 N–H and O–H groups in total. The summed E-state index contributed by atoms with van der Waals surface area (Å²) >= 11 is 0. The molecule has 0 saturated heterocycles. The lowest BCUT2D eigenvalue weighted by molar-refractivity contribution is -0.0599. The Morgan fingerprint density at radius 3 is 1.55 bits per heavy atom. The molecule has 1 aliphatic rings. The molecule has 0 spiro atoms.